The topological polar surface area (TPSA) is 48.7 Å². The fraction of sp³-hybridized carbons (Fsp3) is 0.600. The highest BCUT2D eigenvalue weighted by Gasteiger charge is 2.28. The molecule has 0 spiro atoms. The molecule has 1 heterocycles. The predicted octanol–water partition coefficient (Wildman–Crippen LogP) is 3.58. The summed E-state index contributed by atoms with van der Waals surface area (Å²) in [7, 11) is 0. The molecule has 18 heavy (non-hydrogen) atoms. The summed E-state index contributed by atoms with van der Waals surface area (Å²) in [5, 5.41) is 12.6. The Labute approximate surface area is 109 Å². The lowest BCUT2D eigenvalue weighted by Crippen LogP contribution is -2.35. The number of rotatable bonds is 3. The van der Waals surface area contributed by atoms with Crippen molar-refractivity contribution in [3.8, 4) is 6.07 Å². The Balaban J connectivity index is 2.14. The van der Waals surface area contributed by atoms with Gasteiger partial charge in [0.2, 0.25) is 0 Å². The Morgan fingerprint density at radius 3 is 2.89 bits per heavy atom. The van der Waals surface area contributed by atoms with E-state index in [9.17, 15) is 0 Å². The van der Waals surface area contributed by atoms with Gasteiger partial charge in [0.1, 0.15) is 11.9 Å². The van der Waals surface area contributed by atoms with E-state index in [1.807, 2.05) is 12.1 Å². The Morgan fingerprint density at radius 2 is 2.17 bits per heavy atom. The zero-order valence-electron chi connectivity index (χ0n) is 11.2. The van der Waals surface area contributed by atoms with Crippen molar-refractivity contribution in [2.45, 2.75) is 45.6 Å². The minimum atomic E-state index is 0.459. The zero-order chi connectivity index (χ0) is 13.0. The molecule has 0 radical (unpaired) electrons. The lowest BCUT2D eigenvalue weighted by molar-refractivity contribution is 0.253. The lowest BCUT2D eigenvalue weighted by atomic mass is 9.78. The van der Waals surface area contributed by atoms with Crippen LogP contribution in [0.15, 0.2) is 18.3 Å². The van der Waals surface area contributed by atoms with Gasteiger partial charge in [-0.05, 0) is 36.8 Å². The van der Waals surface area contributed by atoms with Gasteiger partial charge >= 0.3 is 0 Å². The molecule has 3 nitrogen and oxygen atoms in total. The van der Waals surface area contributed by atoms with Crippen LogP contribution in [0.3, 0.4) is 0 Å². The minimum Gasteiger partial charge on any atom is -0.366 e. The van der Waals surface area contributed by atoms with Crippen LogP contribution < -0.4 is 5.32 Å². The van der Waals surface area contributed by atoms with Gasteiger partial charge in [-0.3, -0.25) is 0 Å². The second-order valence-corrected chi connectivity index (χ2v) is 5.45. The van der Waals surface area contributed by atoms with Gasteiger partial charge in [0, 0.05) is 12.2 Å². The van der Waals surface area contributed by atoms with Crippen LogP contribution in [-0.4, -0.2) is 11.0 Å². The molecule has 1 N–H and O–H groups in total. The molecule has 1 aromatic rings. The molecule has 0 aromatic carbocycles. The number of anilines is 1. The van der Waals surface area contributed by atoms with E-state index in [2.05, 4.69) is 30.2 Å². The fourth-order valence-corrected chi connectivity index (χ4v) is 2.92. The molecular weight excluding hydrogens is 222 g/mol. The fourth-order valence-electron chi connectivity index (χ4n) is 2.92. The van der Waals surface area contributed by atoms with Gasteiger partial charge < -0.3 is 5.32 Å². The summed E-state index contributed by atoms with van der Waals surface area (Å²) in [6.45, 7) is 4.57. The molecule has 0 amide bonds. The van der Waals surface area contributed by atoms with E-state index in [-0.39, 0.29) is 0 Å². The third-order valence-corrected chi connectivity index (χ3v) is 3.93. The molecule has 2 atom stereocenters. The number of pyridine rings is 1. The molecule has 1 aliphatic carbocycles. The summed E-state index contributed by atoms with van der Waals surface area (Å²) in [4.78, 5) is 4.30. The summed E-state index contributed by atoms with van der Waals surface area (Å²) in [5.74, 6) is 2.11. The largest absolute Gasteiger partial charge is 0.366 e. The van der Waals surface area contributed by atoms with Crippen molar-refractivity contribution >= 4 is 5.82 Å². The summed E-state index contributed by atoms with van der Waals surface area (Å²) >= 11 is 0. The summed E-state index contributed by atoms with van der Waals surface area (Å²) in [6.07, 6.45) is 6.81. The minimum absolute atomic E-state index is 0.459. The highest BCUT2D eigenvalue weighted by molar-refractivity contribution is 5.51. The van der Waals surface area contributed by atoms with Crippen molar-refractivity contribution in [3.05, 3.63) is 23.9 Å². The third-order valence-electron chi connectivity index (χ3n) is 3.93. The van der Waals surface area contributed by atoms with Gasteiger partial charge in [-0.2, -0.15) is 5.26 Å². The molecule has 1 aromatic heterocycles. The van der Waals surface area contributed by atoms with Crippen molar-refractivity contribution in [3.63, 3.8) is 0 Å². The van der Waals surface area contributed by atoms with Crippen molar-refractivity contribution < 1.29 is 0 Å². The van der Waals surface area contributed by atoms with Gasteiger partial charge in [-0.15, -0.1) is 0 Å². The number of nitrogens with one attached hydrogen (secondary N) is 1. The first kappa shape index (κ1) is 12.9. The zero-order valence-corrected chi connectivity index (χ0v) is 11.2. The smallest absolute Gasteiger partial charge is 0.144 e. The van der Waals surface area contributed by atoms with Gasteiger partial charge in [-0.25, -0.2) is 4.98 Å². The van der Waals surface area contributed by atoms with E-state index >= 15 is 0 Å². The van der Waals surface area contributed by atoms with Crippen LogP contribution in [0.1, 0.15) is 45.1 Å². The first-order chi connectivity index (χ1) is 8.72. The number of hydrogen-bond donors (Lipinski definition) is 1. The highest BCUT2D eigenvalue weighted by atomic mass is 15.0. The molecule has 1 fully saturated rings. The van der Waals surface area contributed by atoms with Crippen molar-refractivity contribution in [2.24, 2.45) is 11.8 Å². The van der Waals surface area contributed by atoms with Crippen LogP contribution in [0.25, 0.3) is 0 Å². The molecule has 3 heteroatoms. The summed E-state index contributed by atoms with van der Waals surface area (Å²) in [5.41, 5.74) is 0.644. The normalized spacial score (nSPS) is 23.7. The average molecular weight is 243 g/mol. The first-order valence-corrected chi connectivity index (χ1v) is 6.84. The first-order valence-electron chi connectivity index (χ1n) is 6.84. The third kappa shape index (κ3) is 2.81. The Morgan fingerprint density at radius 1 is 1.39 bits per heavy atom. The quantitative estimate of drug-likeness (QED) is 0.882. The summed E-state index contributed by atoms with van der Waals surface area (Å²) < 4.78 is 0. The molecule has 0 bridgehead atoms. The summed E-state index contributed by atoms with van der Waals surface area (Å²) in [6, 6.07) is 6.30. The average Bonchev–Trinajstić information content (AvgIpc) is 2.40. The molecule has 2 rings (SSSR count). The van der Waals surface area contributed by atoms with Crippen molar-refractivity contribution in [2.75, 3.05) is 5.32 Å². The van der Waals surface area contributed by atoms with Crippen molar-refractivity contribution in [1.29, 1.82) is 5.26 Å². The molecule has 96 valence electrons. The van der Waals surface area contributed by atoms with Crippen LogP contribution in [0.5, 0.6) is 0 Å². The number of aromatic nitrogens is 1. The van der Waals surface area contributed by atoms with E-state index in [0.29, 0.717) is 23.4 Å². The molecular formula is C15H21N3. The monoisotopic (exact) mass is 243 g/mol. The molecule has 1 saturated carbocycles. The predicted molar refractivity (Wildman–Crippen MR) is 73.2 cm³/mol. The van der Waals surface area contributed by atoms with E-state index < -0.39 is 0 Å². The Kier molecular flexibility index (Phi) is 4.19. The Hall–Kier alpha value is -1.56. The van der Waals surface area contributed by atoms with Crippen LogP contribution in [0.2, 0.25) is 0 Å². The van der Waals surface area contributed by atoms with Crippen LogP contribution in [0.4, 0.5) is 5.82 Å². The standard InChI is InChI=1S/C15H21N3/c1-11(2)13-7-3-4-8-14(13)18-15-12(10-16)6-5-9-17-15/h5-6,9,11,13-14H,3-4,7-8H2,1-2H3,(H,17,18). The maximum Gasteiger partial charge on any atom is 0.144 e. The van der Waals surface area contributed by atoms with Crippen LogP contribution in [-0.2, 0) is 0 Å². The van der Waals surface area contributed by atoms with Crippen molar-refractivity contribution in [1.82, 2.24) is 4.98 Å². The maximum atomic E-state index is 9.09. The van der Waals surface area contributed by atoms with Crippen LogP contribution >= 0.6 is 0 Å². The Bertz CT molecular complexity index is 434. The van der Waals surface area contributed by atoms with Gasteiger partial charge in [0.25, 0.3) is 0 Å². The molecule has 0 aliphatic heterocycles. The highest BCUT2D eigenvalue weighted by Crippen LogP contribution is 2.32. The number of hydrogen-bond acceptors (Lipinski definition) is 3. The van der Waals surface area contributed by atoms with Gasteiger partial charge in [-0.1, -0.05) is 26.7 Å². The van der Waals surface area contributed by atoms with E-state index in [4.69, 9.17) is 5.26 Å². The molecule has 1 aliphatic rings. The van der Waals surface area contributed by atoms with E-state index in [1.54, 1.807) is 6.20 Å². The second kappa shape index (κ2) is 5.86. The van der Waals surface area contributed by atoms with Crippen LogP contribution in [0, 0.1) is 23.2 Å². The lowest BCUT2D eigenvalue weighted by Gasteiger charge is -2.35. The maximum absolute atomic E-state index is 9.09. The second-order valence-electron chi connectivity index (χ2n) is 5.45. The van der Waals surface area contributed by atoms with E-state index in [0.717, 1.165) is 5.82 Å². The molecule has 2 unspecified atom stereocenters. The molecule has 0 saturated heterocycles. The van der Waals surface area contributed by atoms with Gasteiger partial charge in [0.05, 0.1) is 5.56 Å². The SMILES string of the molecule is CC(C)C1CCCCC1Nc1ncccc1C#N. The van der Waals surface area contributed by atoms with E-state index in [1.165, 1.54) is 25.7 Å². The van der Waals surface area contributed by atoms with Gasteiger partial charge in [0.15, 0.2) is 0 Å². The number of nitrogens with zero attached hydrogens (tertiary/aromatic N) is 2. The number of nitriles is 1.